The van der Waals surface area contributed by atoms with Gasteiger partial charge in [0.1, 0.15) is 11.4 Å². The predicted octanol–water partition coefficient (Wildman–Crippen LogP) is 1.42. The number of aliphatic hydroxyl groups excluding tert-OH is 1. The zero-order valence-electron chi connectivity index (χ0n) is 8.59. The molecule has 1 N–H and O–H groups in total. The van der Waals surface area contributed by atoms with E-state index in [2.05, 4.69) is 10.3 Å². The fourth-order valence-electron chi connectivity index (χ4n) is 1.29. The number of aliphatic hydroxyl groups is 1. The number of ether oxygens (including phenoxy) is 1. The van der Waals surface area contributed by atoms with Crippen molar-refractivity contribution in [3.63, 3.8) is 0 Å². The van der Waals surface area contributed by atoms with E-state index in [1.165, 1.54) is 0 Å². The molecule has 0 spiro atoms. The van der Waals surface area contributed by atoms with Gasteiger partial charge in [0.2, 0.25) is 0 Å². The van der Waals surface area contributed by atoms with Crippen LogP contribution in [-0.4, -0.2) is 27.2 Å². The van der Waals surface area contributed by atoms with E-state index in [-0.39, 0.29) is 6.61 Å². The Morgan fingerprint density at radius 1 is 1.50 bits per heavy atom. The lowest BCUT2D eigenvalue weighted by Gasteiger charge is -2.05. The topological polar surface area (TPSA) is 60.2 Å². The molecule has 1 aromatic carbocycles. The maximum atomic E-state index is 8.88. The third-order valence-corrected chi connectivity index (χ3v) is 2.41. The molecule has 0 atom stereocenters. The monoisotopic (exact) mass is 239 g/mol. The fraction of sp³-hybridized carbons (Fsp3) is 0.200. The van der Waals surface area contributed by atoms with Crippen molar-refractivity contribution in [3.05, 3.63) is 35.1 Å². The summed E-state index contributed by atoms with van der Waals surface area (Å²) in [5.74, 6) is 0.570. The van der Waals surface area contributed by atoms with Gasteiger partial charge in [-0.25, -0.2) is 4.68 Å². The highest BCUT2D eigenvalue weighted by atomic mass is 35.5. The standard InChI is InChI=1S/C10H10ClN3O2/c1-16-10-4-8(2-3-9(10)11)14-5-7(6-15)12-13-14/h2-5,15H,6H2,1H3. The second-order valence-corrected chi connectivity index (χ2v) is 3.54. The van der Waals surface area contributed by atoms with Crippen LogP contribution >= 0.6 is 11.6 Å². The average molecular weight is 240 g/mol. The Hall–Kier alpha value is -1.59. The van der Waals surface area contributed by atoms with Crippen LogP contribution in [0.15, 0.2) is 24.4 Å². The summed E-state index contributed by atoms with van der Waals surface area (Å²) in [5.41, 5.74) is 1.28. The van der Waals surface area contributed by atoms with E-state index < -0.39 is 0 Å². The Morgan fingerprint density at radius 3 is 2.94 bits per heavy atom. The van der Waals surface area contributed by atoms with Crippen LogP contribution in [0.4, 0.5) is 0 Å². The molecule has 0 amide bonds. The number of aromatic nitrogens is 3. The van der Waals surface area contributed by atoms with E-state index in [4.69, 9.17) is 21.4 Å². The Labute approximate surface area is 97.2 Å². The van der Waals surface area contributed by atoms with Crippen molar-refractivity contribution in [2.45, 2.75) is 6.61 Å². The van der Waals surface area contributed by atoms with Crippen molar-refractivity contribution in [2.24, 2.45) is 0 Å². The van der Waals surface area contributed by atoms with E-state index in [1.54, 1.807) is 36.2 Å². The van der Waals surface area contributed by atoms with Crippen LogP contribution < -0.4 is 4.74 Å². The first-order valence-electron chi connectivity index (χ1n) is 4.60. The molecule has 6 heteroatoms. The molecule has 0 aliphatic heterocycles. The van der Waals surface area contributed by atoms with E-state index >= 15 is 0 Å². The highest BCUT2D eigenvalue weighted by Crippen LogP contribution is 2.26. The third kappa shape index (κ3) is 2.00. The zero-order valence-corrected chi connectivity index (χ0v) is 9.35. The highest BCUT2D eigenvalue weighted by Gasteiger charge is 2.05. The largest absolute Gasteiger partial charge is 0.495 e. The number of benzene rings is 1. The first-order chi connectivity index (χ1) is 7.74. The Morgan fingerprint density at radius 2 is 2.31 bits per heavy atom. The summed E-state index contributed by atoms with van der Waals surface area (Å²) < 4.78 is 6.64. The van der Waals surface area contributed by atoms with E-state index in [1.807, 2.05) is 0 Å². The van der Waals surface area contributed by atoms with Gasteiger partial charge in [-0.15, -0.1) is 5.10 Å². The summed E-state index contributed by atoms with van der Waals surface area (Å²) >= 11 is 5.91. The normalized spacial score (nSPS) is 10.4. The molecular formula is C10H10ClN3O2. The second-order valence-electron chi connectivity index (χ2n) is 3.13. The van der Waals surface area contributed by atoms with Crippen molar-refractivity contribution in [1.82, 2.24) is 15.0 Å². The molecule has 0 radical (unpaired) electrons. The van der Waals surface area contributed by atoms with Crippen LogP contribution in [-0.2, 0) is 6.61 Å². The van der Waals surface area contributed by atoms with Crippen LogP contribution in [0.25, 0.3) is 5.69 Å². The lowest BCUT2D eigenvalue weighted by Crippen LogP contribution is -1.96. The van der Waals surface area contributed by atoms with Crippen LogP contribution in [0.2, 0.25) is 5.02 Å². The highest BCUT2D eigenvalue weighted by molar-refractivity contribution is 6.32. The van der Waals surface area contributed by atoms with E-state index in [0.717, 1.165) is 5.69 Å². The summed E-state index contributed by atoms with van der Waals surface area (Å²) in [5, 5.41) is 17.1. The smallest absolute Gasteiger partial charge is 0.139 e. The molecule has 0 aliphatic carbocycles. The molecule has 16 heavy (non-hydrogen) atoms. The number of methoxy groups -OCH3 is 1. The molecule has 2 aromatic rings. The van der Waals surface area contributed by atoms with Crippen LogP contribution in [0.1, 0.15) is 5.69 Å². The molecule has 5 nitrogen and oxygen atoms in total. The summed E-state index contributed by atoms with van der Waals surface area (Å²) in [6, 6.07) is 5.26. The van der Waals surface area contributed by atoms with Gasteiger partial charge in [-0.2, -0.15) is 0 Å². The molecule has 0 saturated carbocycles. The van der Waals surface area contributed by atoms with Crippen LogP contribution in [0.3, 0.4) is 0 Å². The number of hydrogen-bond acceptors (Lipinski definition) is 4. The lowest BCUT2D eigenvalue weighted by molar-refractivity contribution is 0.276. The van der Waals surface area contributed by atoms with Gasteiger partial charge in [0.15, 0.2) is 0 Å². The van der Waals surface area contributed by atoms with E-state index in [9.17, 15) is 0 Å². The summed E-state index contributed by atoms with van der Waals surface area (Å²) in [6.07, 6.45) is 1.64. The summed E-state index contributed by atoms with van der Waals surface area (Å²) in [4.78, 5) is 0. The number of halogens is 1. The summed E-state index contributed by atoms with van der Waals surface area (Å²) in [6.45, 7) is -0.134. The average Bonchev–Trinajstić information content (AvgIpc) is 2.78. The van der Waals surface area contributed by atoms with Crippen molar-refractivity contribution in [3.8, 4) is 11.4 Å². The lowest BCUT2D eigenvalue weighted by atomic mass is 10.3. The van der Waals surface area contributed by atoms with Crippen molar-refractivity contribution in [2.75, 3.05) is 7.11 Å². The first-order valence-corrected chi connectivity index (χ1v) is 4.98. The molecule has 2 rings (SSSR count). The minimum absolute atomic E-state index is 0.134. The van der Waals surface area contributed by atoms with Crippen LogP contribution in [0.5, 0.6) is 5.75 Å². The molecule has 0 fully saturated rings. The molecule has 0 bridgehead atoms. The van der Waals surface area contributed by atoms with Gasteiger partial charge in [0.05, 0.1) is 30.6 Å². The van der Waals surface area contributed by atoms with Gasteiger partial charge >= 0.3 is 0 Å². The van der Waals surface area contributed by atoms with E-state index in [0.29, 0.717) is 16.5 Å². The molecule has 0 saturated heterocycles. The van der Waals surface area contributed by atoms with Gasteiger partial charge in [-0.3, -0.25) is 0 Å². The Bertz CT molecular complexity index is 499. The van der Waals surface area contributed by atoms with Gasteiger partial charge in [-0.1, -0.05) is 16.8 Å². The maximum absolute atomic E-state index is 8.88. The van der Waals surface area contributed by atoms with Gasteiger partial charge in [0.25, 0.3) is 0 Å². The summed E-state index contributed by atoms with van der Waals surface area (Å²) in [7, 11) is 1.55. The number of hydrogen-bond donors (Lipinski definition) is 1. The third-order valence-electron chi connectivity index (χ3n) is 2.10. The first kappa shape index (κ1) is 10.9. The SMILES string of the molecule is COc1cc(-n2cc(CO)nn2)ccc1Cl. The quantitative estimate of drug-likeness (QED) is 0.880. The molecule has 84 valence electrons. The zero-order chi connectivity index (χ0) is 11.5. The van der Waals surface area contributed by atoms with Gasteiger partial charge < -0.3 is 9.84 Å². The Balaban J connectivity index is 2.40. The number of nitrogens with zero attached hydrogens (tertiary/aromatic N) is 3. The number of rotatable bonds is 3. The maximum Gasteiger partial charge on any atom is 0.139 e. The molecule has 1 heterocycles. The van der Waals surface area contributed by atoms with Crippen molar-refractivity contribution >= 4 is 11.6 Å². The van der Waals surface area contributed by atoms with Crippen molar-refractivity contribution in [1.29, 1.82) is 0 Å². The minimum atomic E-state index is -0.134. The molecule has 0 aliphatic rings. The van der Waals surface area contributed by atoms with Crippen molar-refractivity contribution < 1.29 is 9.84 Å². The van der Waals surface area contributed by atoms with Gasteiger partial charge in [0, 0.05) is 6.07 Å². The fourth-order valence-corrected chi connectivity index (χ4v) is 1.48. The molecular weight excluding hydrogens is 230 g/mol. The predicted molar refractivity (Wildman–Crippen MR) is 58.8 cm³/mol. The van der Waals surface area contributed by atoms with Crippen LogP contribution in [0, 0.1) is 0 Å². The van der Waals surface area contributed by atoms with Gasteiger partial charge in [-0.05, 0) is 12.1 Å². The minimum Gasteiger partial charge on any atom is -0.495 e. The molecule has 0 unspecified atom stereocenters. The molecule has 1 aromatic heterocycles. The second kappa shape index (κ2) is 4.51. The Kier molecular flexibility index (Phi) is 3.07.